The number of benzene rings is 3. The molecule has 3 amide bonds. The van der Waals surface area contributed by atoms with Crippen molar-refractivity contribution in [3.8, 4) is 0 Å². The molecule has 0 radical (unpaired) electrons. The molecule has 3 aromatic carbocycles. The normalized spacial score (nSPS) is 12.8. The lowest BCUT2D eigenvalue weighted by Gasteiger charge is -2.10. The number of urea groups is 1. The minimum Gasteiger partial charge on any atom is -0.324 e. The molecule has 6 nitrogen and oxygen atoms in total. The highest BCUT2D eigenvalue weighted by atomic mass is 16.2. The zero-order chi connectivity index (χ0) is 20.2. The van der Waals surface area contributed by atoms with Crippen LogP contribution in [0, 0.1) is 0 Å². The second-order valence-electron chi connectivity index (χ2n) is 6.83. The van der Waals surface area contributed by atoms with Gasteiger partial charge >= 0.3 is 6.03 Å². The van der Waals surface area contributed by atoms with Gasteiger partial charge in [0.25, 0.3) is 0 Å². The highest BCUT2D eigenvalue weighted by Gasteiger charge is 2.18. The van der Waals surface area contributed by atoms with Gasteiger partial charge in [-0.05, 0) is 35.9 Å². The molecule has 0 aromatic heterocycles. The van der Waals surface area contributed by atoms with Crippen molar-refractivity contribution >= 4 is 53.7 Å². The third-order valence-corrected chi connectivity index (χ3v) is 4.49. The van der Waals surface area contributed by atoms with Crippen molar-refractivity contribution in [1.29, 1.82) is 0 Å². The molecule has 0 saturated heterocycles. The first-order valence-corrected chi connectivity index (χ1v) is 9.28. The van der Waals surface area contributed by atoms with E-state index >= 15 is 0 Å². The zero-order valence-corrected chi connectivity index (χ0v) is 15.9. The molecule has 1 heterocycles. The molecule has 3 N–H and O–H groups in total. The molecule has 0 aliphatic carbocycles. The van der Waals surface area contributed by atoms with Crippen molar-refractivity contribution in [3.05, 3.63) is 78.4 Å². The number of carbonyl (C=O) groups excluding carboxylic acids is 2. The summed E-state index contributed by atoms with van der Waals surface area (Å²) in [6.07, 6.45) is 0.190. The molecule has 29 heavy (non-hydrogen) atoms. The van der Waals surface area contributed by atoms with E-state index in [-0.39, 0.29) is 18.4 Å². The molecule has 142 valence electrons. The van der Waals surface area contributed by atoms with Crippen molar-refractivity contribution in [3.63, 3.8) is 0 Å². The Morgan fingerprint density at radius 3 is 2.52 bits per heavy atom. The number of amides is 3. The third kappa shape index (κ3) is 4.52. The van der Waals surface area contributed by atoms with Gasteiger partial charge in [-0.2, -0.15) is 0 Å². The van der Waals surface area contributed by atoms with Crippen LogP contribution in [0.3, 0.4) is 0 Å². The molecule has 4 rings (SSSR count). The van der Waals surface area contributed by atoms with Gasteiger partial charge in [0.15, 0.2) is 0 Å². The number of aliphatic imine (C=N–C) groups is 1. The standard InChI is InChI=1S/C22H19BN4O2/c23-15-6-4-5-14(11-15)19-13-21(28)27-20-12-17(9-10-18(20)26-19)25-22(29)24-16-7-2-1-3-8-16/h1-12H,13,23H2,(H,27,28)(H2,24,25,29). The van der Waals surface area contributed by atoms with Crippen LogP contribution in [-0.4, -0.2) is 25.5 Å². The third-order valence-electron chi connectivity index (χ3n) is 4.49. The van der Waals surface area contributed by atoms with E-state index in [1.807, 2.05) is 50.3 Å². The lowest BCUT2D eigenvalue weighted by Crippen LogP contribution is -2.19. The Hall–Kier alpha value is -3.87. The largest absolute Gasteiger partial charge is 0.324 e. The number of carbonyl (C=O) groups is 2. The molecule has 0 atom stereocenters. The van der Waals surface area contributed by atoms with Crippen LogP contribution in [0.2, 0.25) is 0 Å². The number of hydrogen-bond acceptors (Lipinski definition) is 3. The maximum atomic E-state index is 12.4. The molecular weight excluding hydrogens is 363 g/mol. The van der Waals surface area contributed by atoms with Gasteiger partial charge in [-0.15, -0.1) is 0 Å². The Morgan fingerprint density at radius 1 is 0.931 bits per heavy atom. The van der Waals surface area contributed by atoms with Crippen LogP contribution in [0.25, 0.3) is 0 Å². The van der Waals surface area contributed by atoms with E-state index in [0.717, 1.165) is 11.0 Å². The van der Waals surface area contributed by atoms with Gasteiger partial charge in [-0.1, -0.05) is 47.9 Å². The van der Waals surface area contributed by atoms with Gasteiger partial charge < -0.3 is 16.0 Å². The molecule has 1 aliphatic rings. The smallest absolute Gasteiger partial charge is 0.323 e. The summed E-state index contributed by atoms with van der Waals surface area (Å²) in [5.41, 5.74) is 5.23. The summed E-state index contributed by atoms with van der Waals surface area (Å²) in [5, 5.41) is 8.41. The number of rotatable bonds is 3. The van der Waals surface area contributed by atoms with E-state index < -0.39 is 0 Å². The van der Waals surface area contributed by atoms with Gasteiger partial charge in [0, 0.05) is 11.4 Å². The Kier molecular flexibility index (Phi) is 5.11. The summed E-state index contributed by atoms with van der Waals surface area (Å²) in [6.45, 7) is 0. The highest BCUT2D eigenvalue weighted by molar-refractivity contribution is 6.33. The predicted octanol–water partition coefficient (Wildman–Crippen LogP) is 3.05. The molecular formula is C22H19BN4O2. The zero-order valence-electron chi connectivity index (χ0n) is 15.9. The van der Waals surface area contributed by atoms with Crippen molar-refractivity contribution < 1.29 is 9.59 Å². The van der Waals surface area contributed by atoms with E-state index in [0.29, 0.717) is 28.5 Å². The summed E-state index contributed by atoms with van der Waals surface area (Å²) in [4.78, 5) is 29.3. The van der Waals surface area contributed by atoms with Crippen LogP contribution >= 0.6 is 0 Å². The summed E-state index contributed by atoms with van der Waals surface area (Å²) >= 11 is 0. The number of nitrogens with zero attached hydrogens (tertiary/aromatic N) is 1. The molecule has 0 fully saturated rings. The van der Waals surface area contributed by atoms with Crippen molar-refractivity contribution in [1.82, 2.24) is 0 Å². The van der Waals surface area contributed by atoms with Gasteiger partial charge in [0.2, 0.25) is 5.91 Å². The molecule has 0 bridgehead atoms. The van der Waals surface area contributed by atoms with E-state index in [4.69, 9.17) is 4.99 Å². The molecule has 0 spiro atoms. The Bertz CT molecular complexity index is 1110. The summed E-state index contributed by atoms with van der Waals surface area (Å²) in [6, 6.07) is 22.0. The Labute approximate surface area is 169 Å². The van der Waals surface area contributed by atoms with Gasteiger partial charge in [0.05, 0.1) is 23.5 Å². The minimum absolute atomic E-state index is 0.144. The van der Waals surface area contributed by atoms with Crippen LogP contribution in [0.15, 0.2) is 77.8 Å². The van der Waals surface area contributed by atoms with Crippen molar-refractivity contribution in [2.75, 3.05) is 16.0 Å². The number of hydrogen-bond donors (Lipinski definition) is 3. The predicted molar refractivity (Wildman–Crippen MR) is 120 cm³/mol. The first kappa shape index (κ1) is 18.5. The summed E-state index contributed by atoms with van der Waals surface area (Å²) in [5.74, 6) is -0.144. The van der Waals surface area contributed by atoms with E-state index in [1.54, 1.807) is 30.3 Å². The SMILES string of the molecule is Bc1cccc(C2=Nc3ccc(NC(=O)Nc4ccccc4)cc3NC(=O)C2)c1. The van der Waals surface area contributed by atoms with Gasteiger partial charge in [-0.3, -0.25) is 9.79 Å². The highest BCUT2D eigenvalue weighted by Crippen LogP contribution is 2.31. The van der Waals surface area contributed by atoms with Crippen LogP contribution in [0.1, 0.15) is 12.0 Å². The van der Waals surface area contributed by atoms with Crippen LogP contribution in [0.4, 0.5) is 27.5 Å². The van der Waals surface area contributed by atoms with Crippen LogP contribution in [-0.2, 0) is 4.79 Å². The molecule has 7 heteroatoms. The summed E-state index contributed by atoms with van der Waals surface area (Å²) < 4.78 is 0. The molecule has 0 unspecified atom stereocenters. The maximum absolute atomic E-state index is 12.4. The van der Waals surface area contributed by atoms with Gasteiger partial charge in [-0.25, -0.2) is 4.79 Å². The van der Waals surface area contributed by atoms with Crippen LogP contribution < -0.4 is 21.4 Å². The first-order valence-electron chi connectivity index (χ1n) is 9.28. The topological polar surface area (TPSA) is 82.6 Å². The number of para-hydroxylation sites is 1. The average molecular weight is 382 g/mol. The second-order valence-corrected chi connectivity index (χ2v) is 6.83. The molecule has 0 saturated carbocycles. The van der Waals surface area contributed by atoms with Crippen molar-refractivity contribution in [2.24, 2.45) is 4.99 Å². The van der Waals surface area contributed by atoms with Crippen LogP contribution in [0.5, 0.6) is 0 Å². The average Bonchev–Trinajstić information content (AvgIpc) is 2.86. The maximum Gasteiger partial charge on any atom is 0.323 e. The molecule has 1 aliphatic heterocycles. The quantitative estimate of drug-likeness (QED) is 0.609. The lowest BCUT2D eigenvalue weighted by atomic mass is 9.92. The molecule has 3 aromatic rings. The fraction of sp³-hybridized carbons (Fsp3) is 0.0455. The Morgan fingerprint density at radius 2 is 1.72 bits per heavy atom. The fourth-order valence-electron chi connectivity index (χ4n) is 3.15. The van der Waals surface area contributed by atoms with Gasteiger partial charge in [0.1, 0.15) is 7.85 Å². The Balaban J connectivity index is 1.57. The van der Waals surface area contributed by atoms with E-state index in [9.17, 15) is 9.59 Å². The minimum atomic E-state index is -0.361. The van der Waals surface area contributed by atoms with E-state index in [2.05, 4.69) is 16.0 Å². The monoisotopic (exact) mass is 382 g/mol. The number of anilines is 3. The first-order chi connectivity index (χ1) is 14.1. The van der Waals surface area contributed by atoms with Crippen molar-refractivity contribution in [2.45, 2.75) is 6.42 Å². The number of nitrogens with one attached hydrogen (secondary N) is 3. The summed E-state index contributed by atoms with van der Waals surface area (Å²) in [7, 11) is 2.01. The second kappa shape index (κ2) is 8.02. The lowest BCUT2D eigenvalue weighted by molar-refractivity contribution is -0.115. The fourth-order valence-corrected chi connectivity index (χ4v) is 3.15. The van der Waals surface area contributed by atoms with E-state index in [1.165, 1.54) is 0 Å². The number of fused-ring (bicyclic) bond motifs is 1.